The predicted molar refractivity (Wildman–Crippen MR) is 84.7 cm³/mol. The van der Waals surface area contributed by atoms with Crippen LogP contribution in [0.15, 0.2) is 24.3 Å². The molecule has 0 bridgehead atoms. The summed E-state index contributed by atoms with van der Waals surface area (Å²) < 4.78 is 6.16. The van der Waals surface area contributed by atoms with E-state index in [0.29, 0.717) is 24.5 Å². The van der Waals surface area contributed by atoms with Gasteiger partial charge in [0, 0.05) is 6.04 Å². The van der Waals surface area contributed by atoms with E-state index < -0.39 is 0 Å². The highest BCUT2D eigenvalue weighted by Crippen LogP contribution is 2.42. The standard InChI is InChI=1S/C18H27NO2/c1-13(2)16-5-3-4-6-17(16)21-12-18(11-20,14-7-8-14)19-15-9-10-15/h3-6,13-15,19-20H,7-12H2,1-2H3. The first-order valence-corrected chi connectivity index (χ1v) is 8.25. The third-order valence-electron chi connectivity index (χ3n) is 4.74. The van der Waals surface area contributed by atoms with Gasteiger partial charge in [-0.25, -0.2) is 0 Å². The number of ether oxygens (including phenoxy) is 1. The number of aliphatic hydroxyl groups excluding tert-OH is 1. The van der Waals surface area contributed by atoms with E-state index in [0.717, 1.165) is 5.75 Å². The molecule has 0 aliphatic heterocycles. The number of para-hydroxylation sites is 1. The molecular weight excluding hydrogens is 262 g/mol. The van der Waals surface area contributed by atoms with Gasteiger partial charge >= 0.3 is 0 Å². The molecule has 21 heavy (non-hydrogen) atoms. The molecule has 1 atom stereocenters. The highest BCUT2D eigenvalue weighted by Gasteiger charge is 2.48. The van der Waals surface area contributed by atoms with Crippen molar-refractivity contribution in [3.05, 3.63) is 29.8 Å². The fraction of sp³-hybridized carbons (Fsp3) is 0.667. The van der Waals surface area contributed by atoms with Gasteiger partial charge in [-0.2, -0.15) is 0 Å². The number of hydrogen-bond acceptors (Lipinski definition) is 3. The van der Waals surface area contributed by atoms with Crippen LogP contribution >= 0.6 is 0 Å². The van der Waals surface area contributed by atoms with Gasteiger partial charge in [0.25, 0.3) is 0 Å². The number of hydrogen-bond donors (Lipinski definition) is 2. The van der Waals surface area contributed by atoms with Gasteiger partial charge in [-0.05, 0) is 49.1 Å². The maximum Gasteiger partial charge on any atom is 0.122 e. The summed E-state index contributed by atoms with van der Waals surface area (Å²) in [7, 11) is 0. The van der Waals surface area contributed by atoms with Crippen molar-refractivity contribution in [1.82, 2.24) is 5.32 Å². The summed E-state index contributed by atoms with van der Waals surface area (Å²) in [6.07, 6.45) is 4.87. The van der Waals surface area contributed by atoms with E-state index in [2.05, 4.69) is 31.3 Å². The van der Waals surface area contributed by atoms with Crippen LogP contribution in [0.4, 0.5) is 0 Å². The minimum atomic E-state index is -0.245. The summed E-state index contributed by atoms with van der Waals surface area (Å²) in [5.41, 5.74) is 0.997. The highest BCUT2D eigenvalue weighted by molar-refractivity contribution is 5.35. The quantitative estimate of drug-likeness (QED) is 0.773. The van der Waals surface area contributed by atoms with E-state index >= 15 is 0 Å². The van der Waals surface area contributed by atoms with Crippen molar-refractivity contribution >= 4 is 0 Å². The molecule has 0 spiro atoms. The fourth-order valence-electron chi connectivity index (χ4n) is 3.06. The molecule has 1 aromatic rings. The Morgan fingerprint density at radius 2 is 1.95 bits per heavy atom. The molecule has 2 N–H and O–H groups in total. The van der Waals surface area contributed by atoms with Gasteiger partial charge in [-0.1, -0.05) is 32.0 Å². The number of nitrogens with one attached hydrogen (secondary N) is 1. The first-order valence-electron chi connectivity index (χ1n) is 8.25. The first kappa shape index (κ1) is 14.9. The molecular formula is C18H27NO2. The third-order valence-corrected chi connectivity index (χ3v) is 4.74. The molecule has 2 saturated carbocycles. The van der Waals surface area contributed by atoms with Crippen LogP contribution in [0, 0.1) is 5.92 Å². The molecule has 0 amide bonds. The van der Waals surface area contributed by atoms with Crippen molar-refractivity contribution in [3.63, 3.8) is 0 Å². The zero-order chi connectivity index (χ0) is 14.9. The van der Waals surface area contributed by atoms with Gasteiger partial charge in [0.2, 0.25) is 0 Å². The van der Waals surface area contributed by atoms with Crippen molar-refractivity contribution in [2.45, 2.75) is 57.0 Å². The van der Waals surface area contributed by atoms with Crippen molar-refractivity contribution in [2.24, 2.45) is 5.92 Å². The minimum absolute atomic E-state index is 0.165. The maximum atomic E-state index is 9.98. The van der Waals surface area contributed by atoms with Crippen LogP contribution in [0.1, 0.15) is 51.0 Å². The molecule has 2 fully saturated rings. The van der Waals surface area contributed by atoms with Crippen molar-refractivity contribution in [3.8, 4) is 5.75 Å². The Balaban J connectivity index is 1.71. The number of aliphatic hydroxyl groups is 1. The second kappa shape index (κ2) is 5.98. The molecule has 2 aliphatic rings. The van der Waals surface area contributed by atoms with Crippen LogP contribution in [0.2, 0.25) is 0 Å². The molecule has 1 unspecified atom stereocenters. The Hall–Kier alpha value is -1.06. The topological polar surface area (TPSA) is 41.5 Å². The normalized spacial score (nSPS) is 21.3. The van der Waals surface area contributed by atoms with Crippen LogP contribution in [0.3, 0.4) is 0 Å². The Labute approximate surface area is 127 Å². The van der Waals surface area contributed by atoms with Gasteiger partial charge in [-0.15, -0.1) is 0 Å². The lowest BCUT2D eigenvalue weighted by atomic mass is 9.94. The Morgan fingerprint density at radius 1 is 1.24 bits per heavy atom. The zero-order valence-corrected chi connectivity index (χ0v) is 13.1. The molecule has 0 heterocycles. The minimum Gasteiger partial charge on any atom is -0.491 e. The predicted octanol–water partition coefficient (Wildman–Crippen LogP) is 3.08. The molecule has 3 rings (SSSR count). The smallest absolute Gasteiger partial charge is 0.122 e. The Bertz CT molecular complexity index is 480. The van der Waals surface area contributed by atoms with Crippen LogP contribution in [0.5, 0.6) is 5.75 Å². The fourth-order valence-corrected chi connectivity index (χ4v) is 3.06. The molecule has 1 aromatic carbocycles. The lowest BCUT2D eigenvalue weighted by Crippen LogP contribution is -2.56. The van der Waals surface area contributed by atoms with E-state index in [-0.39, 0.29) is 12.1 Å². The van der Waals surface area contributed by atoms with Crippen LogP contribution in [-0.4, -0.2) is 29.9 Å². The van der Waals surface area contributed by atoms with Crippen LogP contribution in [-0.2, 0) is 0 Å². The molecule has 3 nitrogen and oxygen atoms in total. The zero-order valence-electron chi connectivity index (χ0n) is 13.1. The maximum absolute atomic E-state index is 9.98. The van der Waals surface area contributed by atoms with E-state index in [1.165, 1.54) is 31.2 Å². The largest absolute Gasteiger partial charge is 0.491 e. The van der Waals surface area contributed by atoms with E-state index in [9.17, 15) is 5.11 Å². The summed E-state index contributed by atoms with van der Waals surface area (Å²) in [5, 5.41) is 13.6. The number of benzene rings is 1. The summed E-state index contributed by atoms with van der Waals surface area (Å²) >= 11 is 0. The highest BCUT2D eigenvalue weighted by atomic mass is 16.5. The van der Waals surface area contributed by atoms with Gasteiger partial charge in [-0.3, -0.25) is 0 Å². The van der Waals surface area contributed by atoms with E-state index in [1.807, 2.05) is 12.1 Å². The molecule has 2 aliphatic carbocycles. The molecule has 0 aromatic heterocycles. The van der Waals surface area contributed by atoms with Crippen molar-refractivity contribution < 1.29 is 9.84 Å². The third kappa shape index (κ3) is 3.41. The molecule has 3 heteroatoms. The van der Waals surface area contributed by atoms with Gasteiger partial charge < -0.3 is 15.2 Å². The van der Waals surface area contributed by atoms with E-state index in [4.69, 9.17) is 4.74 Å². The van der Waals surface area contributed by atoms with Crippen molar-refractivity contribution in [1.29, 1.82) is 0 Å². The summed E-state index contributed by atoms with van der Waals surface area (Å²) in [4.78, 5) is 0. The molecule has 116 valence electrons. The van der Waals surface area contributed by atoms with E-state index in [1.54, 1.807) is 0 Å². The Morgan fingerprint density at radius 3 is 2.52 bits per heavy atom. The number of rotatable bonds is 8. The van der Waals surface area contributed by atoms with Gasteiger partial charge in [0.15, 0.2) is 0 Å². The van der Waals surface area contributed by atoms with Crippen LogP contribution < -0.4 is 10.1 Å². The van der Waals surface area contributed by atoms with Gasteiger partial charge in [0.1, 0.15) is 12.4 Å². The summed E-state index contributed by atoms with van der Waals surface area (Å²) in [5.74, 6) is 1.97. The first-order chi connectivity index (χ1) is 10.1. The average molecular weight is 289 g/mol. The Kier molecular flexibility index (Phi) is 4.23. The summed E-state index contributed by atoms with van der Waals surface area (Å²) in [6.45, 7) is 5.10. The average Bonchev–Trinajstić information content (AvgIpc) is 3.37. The molecule has 0 radical (unpaired) electrons. The lowest BCUT2D eigenvalue weighted by molar-refractivity contribution is 0.0826. The van der Waals surface area contributed by atoms with Crippen LogP contribution in [0.25, 0.3) is 0 Å². The second-order valence-corrected chi connectivity index (χ2v) is 6.99. The second-order valence-electron chi connectivity index (χ2n) is 6.99. The monoisotopic (exact) mass is 289 g/mol. The molecule has 0 saturated heterocycles. The van der Waals surface area contributed by atoms with Gasteiger partial charge in [0.05, 0.1) is 12.1 Å². The SMILES string of the molecule is CC(C)c1ccccc1OCC(CO)(NC1CC1)C1CC1. The van der Waals surface area contributed by atoms with Crippen molar-refractivity contribution in [2.75, 3.05) is 13.2 Å². The summed E-state index contributed by atoms with van der Waals surface area (Å²) in [6, 6.07) is 8.84. The lowest BCUT2D eigenvalue weighted by Gasteiger charge is -2.34.